The Morgan fingerprint density at radius 3 is 2.47 bits per heavy atom. The normalized spacial score (nSPS) is 17.7. The Kier molecular flexibility index (Phi) is 4.88. The van der Waals surface area contributed by atoms with Gasteiger partial charge in [0.05, 0.1) is 21.9 Å². The molecule has 0 N–H and O–H groups in total. The first kappa shape index (κ1) is 19.3. The summed E-state index contributed by atoms with van der Waals surface area (Å²) < 4.78 is 1.01. The van der Waals surface area contributed by atoms with Crippen molar-refractivity contribution >= 4 is 49.9 Å². The molecule has 3 aromatic carbocycles. The highest BCUT2D eigenvalue weighted by Crippen LogP contribution is 2.52. The Morgan fingerprint density at radius 1 is 0.967 bits per heavy atom. The standard InChI is InChI=1S/C25H22N2OS2/c1-25(2)23(16-20(28)17-10-4-3-5-11-17)27(19-13-7-9-15-22(19)30-25)24-26-18-12-6-8-14-21(18)29-24/h3-15,23H,16H2,1-2H3. The van der Waals surface area contributed by atoms with Crippen molar-refractivity contribution in [3.63, 3.8) is 0 Å². The number of fused-ring (bicyclic) bond motifs is 2. The summed E-state index contributed by atoms with van der Waals surface area (Å²) in [5.41, 5.74) is 2.90. The Balaban J connectivity index is 1.63. The number of benzene rings is 3. The molecule has 1 aromatic heterocycles. The minimum absolute atomic E-state index is 0.00864. The molecule has 0 saturated carbocycles. The van der Waals surface area contributed by atoms with Crippen molar-refractivity contribution in [1.29, 1.82) is 0 Å². The number of Topliss-reactive ketones (excluding diaryl/α,β-unsaturated/α-hetero) is 1. The molecule has 0 bridgehead atoms. The van der Waals surface area contributed by atoms with E-state index >= 15 is 0 Å². The summed E-state index contributed by atoms with van der Waals surface area (Å²) in [5, 5.41) is 0.947. The van der Waals surface area contributed by atoms with E-state index in [-0.39, 0.29) is 16.6 Å². The van der Waals surface area contributed by atoms with E-state index < -0.39 is 0 Å². The number of hydrogen-bond acceptors (Lipinski definition) is 5. The van der Waals surface area contributed by atoms with E-state index in [1.807, 2.05) is 54.2 Å². The minimum Gasteiger partial charge on any atom is -0.312 e. The fraction of sp³-hybridized carbons (Fsp3) is 0.200. The Hall–Kier alpha value is -2.63. The van der Waals surface area contributed by atoms with Gasteiger partial charge in [0, 0.05) is 21.6 Å². The van der Waals surface area contributed by atoms with Crippen LogP contribution in [0, 0.1) is 0 Å². The predicted octanol–water partition coefficient (Wildman–Crippen LogP) is 6.96. The van der Waals surface area contributed by atoms with Gasteiger partial charge in [-0.15, -0.1) is 11.8 Å². The lowest BCUT2D eigenvalue weighted by Crippen LogP contribution is -2.49. The number of ketones is 1. The third kappa shape index (κ3) is 3.42. The number of nitrogens with zero attached hydrogens (tertiary/aromatic N) is 2. The highest BCUT2D eigenvalue weighted by atomic mass is 32.2. The second-order valence-electron chi connectivity index (χ2n) is 8.02. The van der Waals surface area contributed by atoms with Crippen LogP contribution in [0.5, 0.6) is 0 Å². The average molecular weight is 431 g/mol. The SMILES string of the molecule is CC1(C)Sc2ccccc2N(c2nc3ccccc3s2)C1CC(=O)c1ccccc1. The van der Waals surface area contributed by atoms with Crippen LogP contribution in [0.4, 0.5) is 10.8 Å². The highest BCUT2D eigenvalue weighted by molar-refractivity contribution is 8.01. The van der Waals surface area contributed by atoms with Crippen LogP contribution in [0.2, 0.25) is 0 Å². The molecule has 0 saturated heterocycles. The third-order valence-corrected chi connectivity index (χ3v) is 7.97. The first-order valence-electron chi connectivity index (χ1n) is 10.0. The average Bonchev–Trinajstić information content (AvgIpc) is 3.18. The molecular weight excluding hydrogens is 408 g/mol. The van der Waals surface area contributed by atoms with E-state index in [0.29, 0.717) is 6.42 Å². The largest absolute Gasteiger partial charge is 0.312 e. The maximum absolute atomic E-state index is 13.2. The molecule has 2 heterocycles. The van der Waals surface area contributed by atoms with Crippen LogP contribution in [0.15, 0.2) is 83.8 Å². The fourth-order valence-corrected chi connectivity index (χ4v) is 6.37. The number of aromatic nitrogens is 1. The zero-order valence-electron chi connectivity index (χ0n) is 16.9. The molecule has 0 radical (unpaired) electrons. The van der Waals surface area contributed by atoms with Gasteiger partial charge in [-0.05, 0) is 38.1 Å². The lowest BCUT2D eigenvalue weighted by molar-refractivity contribution is 0.0969. The highest BCUT2D eigenvalue weighted by Gasteiger charge is 2.43. The molecule has 1 aliphatic heterocycles. The van der Waals surface area contributed by atoms with Crippen molar-refractivity contribution < 1.29 is 4.79 Å². The number of hydrogen-bond donors (Lipinski definition) is 0. The molecule has 0 spiro atoms. The van der Waals surface area contributed by atoms with E-state index in [9.17, 15) is 4.79 Å². The number of thiazole rings is 1. The van der Waals surface area contributed by atoms with Gasteiger partial charge < -0.3 is 4.90 Å². The van der Waals surface area contributed by atoms with Crippen molar-refractivity contribution in [1.82, 2.24) is 4.98 Å². The maximum Gasteiger partial charge on any atom is 0.191 e. The van der Waals surface area contributed by atoms with Gasteiger partial charge in [-0.25, -0.2) is 4.98 Å². The van der Waals surface area contributed by atoms with E-state index in [2.05, 4.69) is 55.1 Å². The van der Waals surface area contributed by atoms with Crippen LogP contribution in [0.3, 0.4) is 0 Å². The first-order valence-corrected chi connectivity index (χ1v) is 11.7. The molecule has 0 fully saturated rings. The zero-order chi connectivity index (χ0) is 20.7. The van der Waals surface area contributed by atoms with Gasteiger partial charge in [0.2, 0.25) is 0 Å². The lowest BCUT2D eigenvalue weighted by atomic mass is 9.92. The topological polar surface area (TPSA) is 33.2 Å². The van der Waals surface area contributed by atoms with E-state index in [0.717, 1.165) is 26.6 Å². The number of thioether (sulfide) groups is 1. The second-order valence-corrected chi connectivity index (χ2v) is 10.7. The summed E-state index contributed by atoms with van der Waals surface area (Å²) >= 11 is 3.54. The molecule has 0 aliphatic carbocycles. The van der Waals surface area contributed by atoms with Crippen molar-refractivity contribution in [2.24, 2.45) is 0 Å². The molecule has 1 aliphatic rings. The first-order chi connectivity index (χ1) is 14.5. The van der Waals surface area contributed by atoms with E-state index in [1.54, 1.807) is 11.3 Å². The van der Waals surface area contributed by atoms with Crippen LogP contribution >= 0.6 is 23.1 Å². The van der Waals surface area contributed by atoms with Crippen molar-refractivity contribution in [2.75, 3.05) is 4.90 Å². The molecule has 1 atom stereocenters. The smallest absolute Gasteiger partial charge is 0.191 e. The van der Waals surface area contributed by atoms with Gasteiger partial charge in [0.15, 0.2) is 10.9 Å². The summed E-state index contributed by atoms with van der Waals surface area (Å²) in [4.78, 5) is 21.7. The third-order valence-electron chi connectivity index (χ3n) is 5.58. The number of carbonyl (C=O) groups is 1. The lowest BCUT2D eigenvalue weighted by Gasteiger charge is -2.46. The molecule has 0 amide bonds. The minimum atomic E-state index is -0.156. The van der Waals surface area contributed by atoms with Crippen LogP contribution in [-0.2, 0) is 0 Å². The summed E-state index contributed by atoms with van der Waals surface area (Å²) in [6.07, 6.45) is 0.439. The number of anilines is 2. The van der Waals surface area contributed by atoms with Crippen molar-refractivity contribution in [2.45, 2.75) is 36.0 Å². The Labute approximate surface area is 184 Å². The Bertz CT molecular complexity index is 1180. The van der Waals surface area contributed by atoms with E-state index in [4.69, 9.17) is 4.98 Å². The van der Waals surface area contributed by atoms with Crippen LogP contribution in [0.25, 0.3) is 10.2 Å². The maximum atomic E-state index is 13.2. The molecular formula is C25H22N2OS2. The van der Waals surface area contributed by atoms with Crippen molar-refractivity contribution in [3.05, 3.63) is 84.4 Å². The number of carbonyl (C=O) groups excluding carboxylic acids is 1. The Morgan fingerprint density at radius 2 is 1.67 bits per heavy atom. The van der Waals surface area contributed by atoms with Crippen LogP contribution < -0.4 is 4.90 Å². The zero-order valence-corrected chi connectivity index (χ0v) is 18.5. The van der Waals surface area contributed by atoms with Gasteiger partial charge >= 0.3 is 0 Å². The van der Waals surface area contributed by atoms with Gasteiger partial charge in [-0.2, -0.15) is 0 Å². The summed E-state index contributed by atoms with van der Waals surface area (Å²) in [5.74, 6) is 0.166. The second kappa shape index (κ2) is 7.56. The molecule has 4 aromatic rings. The molecule has 30 heavy (non-hydrogen) atoms. The van der Waals surface area contributed by atoms with Crippen molar-refractivity contribution in [3.8, 4) is 0 Å². The molecule has 5 heteroatoms. The van der Waals surface area contributed by atoms with Crippen LogP contribution in [0.1, 0.15) is 30.6 Å². The summed E-state index contributed by atoms with van der Waals surface area (Å²) in [7, 11) is 0. The van der Waals surface area contributed by atoms with Crippen LogP contribution in [-0.4, -0.2) is 21.6 Å². The quantitative estimate of drug-likeness (QED) is 0.328. The van der Waals surface area contributed by atoms with Gasteiger partial charge in [0.1, 0.15) is 0 Å². The molecule has 150 valence electrons. The predicted molar refractivity (Wildman–Crippen MR) is 127 cm³/mol. The monoisotopic (exact) mass is 430 g/mol. The fourth-order valence-electron chi connectivity index (χ4n) is 4.03. The number of rotatable bonds is 4. The van der Waals surface area contributed by atoms with Gasteiger partial charge in [0.25, 0.3) is 0 Å². The summed E-state index contributed by atoms with van der Waals surface area (Å²) in [6, 6.07) is 26.3. The van der Waals surface area contributed by atoms with Gasteiger partial charge in [-0.1, -0.05) is 65.9 Å². The molecule has 3 nitrogen and oxygen atoms in total. The van der Waals surface area contributed by atoms with E-state index in [1.165, 1.54) is 4.90 Å². The van der Waals surface area contributed by atoms with Gasteiger partial charge in [-0.3, -0.25) is 4.79 Å². The molecule has 5 rings (SSSR count). The molecule has 1 unspecified atom stereocenters. The summed E-state index contributed by atoms with van der Waals surface area (Å²) in [6.45, 7) is 4.47. The number of para-hydroxylation sites is 2.